The highest BCUT2D eigenvalue weighted by Crippen LogP contribution is 2.33. The second-order valence-electron chi connectivity index (χ2n) is 6.86. The fourth-order valence-electron chi connectivity index (χ4n) is 3.87. The number of rotatable bonds is 4. The number of carboxylic acids is 1. The summed E-state index contributed by atoms with van der Waals surface area (Å²) in [4.78, 5) is 32.2. The standard InChI is InChI=1S/C19H21N3O3S/c1-12-20-15(11-26-12)13-4-5-16-14(9-13)6-8-22(16)18(23)10-21-7-2-3-17(21)19(24)25/h4-5,9,11,17H,2-3,6-8,10H2,1H3,(H,24,25). The number of amides is 1. The van der Waals surface area contributed by atoms with Crippen LogP contribution in [0.15, 0.2) is 23.6 Å². The average Bonchev–Trinajstić information content (AvgIpc) is 3.32. The van der Waals surface area contributed by atoms with Crippen molar-refractivity contribution in [3.8, 4) is 11.3 Å². The van der Waals surface area contributed by atoms with Crippen molar-refractivity contribution in [1.82, 2.24) is 9.88 Å². The topological polar surface area (TPSA) is 73.7 Å². The number of hydrogen-bond donors (Lipinski definition) is 1. The lowest BCUT2D eigenvalue weighted by molar-refractivity contribution is -0.142. The molecule has 0 radical (unpaired) electrons. The molecule has 2 aromatic rings. The van der Waals surface area contributed by atoms with Crippen molar-refractivity contribution in [2.75, 3.05) is 24.5 Å². The summed E-state index contributed by atoms with van der Waals surface area (Å²) in [6.07, 6.45) is 2.27. The SMILES string of the molecule is Cc1nc(-c2ccc3c(c2)CCN3C(=O)CN2CCCC2C(=O)O)cs1. The van der Waals surface area contributed by atoms with E-state index < -0.39 is 12.0 Å². The number of anilines is 1. The van der Waals surface area contributed by atoms with Gasteiger partial charge in [-0.1, -0.05) is 6.07 Å². The lowest BCUT2D eigenvalue weighted by Gasteiger charge is -2.24. The molecule has 0 saturated carbocycles. The van der Waals surface area contributed by atoms with E-state index in [4.69, 9.17) is 0 Å². The molecule has 1 N–H and O–H groups in total. The Balaban J connectivity index is 1.50. The van der Waals surface area contributed by atoms with E-state index in [0.29, 0.717) is 19.5 Å². The van der Waals surface area contributed by atoms with Crippen molar-refractivity contribution in [2.45, 2.75) is 32.2 Å². The van der Waals surface area contributed by atoms with Crippen molar-refractivity contribution >= 4 is 28.9 Å². The number of benzene rings is 1. The van der Waals surface area contributed by atoms with Gasteiger partial charge in [-0.2, -0.15) is 0 Å². The highest BCUT2D eigenvalue weighted by Gasteiger charge is 2.34. The first kappa shape index (κ1) is 17.2. The predicted octanol–water partition coefficient (Wildman–Crippen LogP) is 2.56. The molecule has 1 amide bonds. The normalized spacial score (nSPS) is 19.7. The summed E-state index contributed by atoms with van der Waals surface area (Å²) in [5.41, 5.74) is 4.14. The van der Waals surface area contributed by atoms with E-state index in [1.54, 1.807) is 21.1 Å². The van der Waals surface area contributed by atoms with E-state index in [1.165, 1.54) is 0 Å². The van der Waals surface area contributed by atoms with Crippen LogP contribution in [0, 0.1) is 6.92 Å². The third-order valence-electron chi connectivity index (χ3n) is 5.18. The molecule has 1 saturated heterocycles. The number of hydrogen-bond acceptors (Lipinski definition) is 5. The van der Waals surface area contributed by atoms with Crippen molar-refractivity contribution in [2.24, 2.45) is 0 Å². The van der Waals surface area contributed by atoms with Gasteiger partial charge in [-0.25, -0.2) is 4.98 Å². The molecule has 1 aromatic heterocycles. The smallest absolute Gasteiger partial charge is 0.320 e. The minimum atomic E-state index is -0.833. The molecule has 4 rings (SSSR count). The number of carboxylic acid groups (broad SMARTS) is 1. The second kappa shape index (κ2) is 6.81. The van der Waals surface area contributed by atoms with E-state index >= 15 is 0 Å². The summed E-state index contributed by atoms with van der Waals surface area (Å²) >= 11 is 1.63. The van der Waals surface area contributed by atoms with Gasteiger partial charge in [0.05, 0.1) is 17.2 Å². The summed E-state index contributed by atoms with van der Waals surface area (Å²) in [6, 6.07) is 5.58. The van der Waals surface area contributed by atoms with Gasteiger partial charge < -0.3 is 10.0 Å². The average molecular weight is 371 g/mol. The molecule has 1 unspecified atom stereocenters. The Morgan fingerprint density at radius 2 is 2.19 bits per heavy atom. The molecule has 26 heavy (non-hydrogen) atoms. The van der Waals surface area contributed by atoms with Gasteiger partial charge in [0.1, 0.15) is 6.04 Å². The lowest BCUT2D eigenvalue weighted by Crippen LogP contribution is -2.44. The quantitative estimate of drug-likeness (QED) is 0.894. The van der Waals surface area contributed by atoms with E-state index in [2.05, 4.69) is 11.1 Å². The van der Waals surface area contributed by atoms with Crippen molar-refractivity contribution in [1.29, 1.82) is 0 Å². The Labute approximate surface area is 156 Å². The summed E-state index contributed by atoms with van der Waals surface area (Å²) < 4.78 is 0. The molecule has 136 valence electrons. The number of thiazole rings is 1. The van der Waals surface area contributed by atoms with Gasteiger partial charge in [0.25, 0.3) is 0 Å². The molecule has 1 atom stereocenters. The number of likely N-dealkylation sites (tertiary alicyclic amines) is 1. The van der Waals surface area contributed by atoms with Gasteiger partial charge in [0, 0.05) is 23.2 Å². The van der Waals surface area contributed by atoms with Crippen molar-refractivity contribution < 1.29 is 14.7 Å². The first-order valence-corrected chi connectivity index (χ1v) is 9.73. The predicted molar refractivity (Wildman–Crippen MR) is 101 cm³/mol. The molecule has 2 aliphatic heterocycles. The Morgan fingerprint density at radius 3 is 2.92 bits per heavy atom. The van der Waals surface area contributed by atoms with Gasteiger partial charge in [0.2, 0.25) is 5.91 Å². The van der Waals surface area contributed by atoms with E-state index in [9.17, 15) is 14.7 Å². The number of aryl methyl sites for hydroxylation is 1. The zero-order valence-corrected chi connectivity index (χ0v) is 15.5. The zero-order valence-electron chi connectivity index (χ0n) is 14.6. The summed E-state index contributed by atoms with van der Waals surface area (Å²) in [7, 11) is 0. The van der Waals surface area contributed by atoms with E-state index in [1.807, 2.05) is 24.4 Å². The van der Waals surface area contributed by atoms with Crippen LogP contribution in [0.25, 0.3) is 11.3 Å². The minimum absolute atomic E-state index is 0.0193. The molecule has 7 heteroatoms. The van der Waals surface area contributed by atoms with Gasteiger partial charge in [-0.05, 0) is 50.4 Å². The first-order valence-electron chi connectivity index (χ1n) is 8.85. The third kappa shape index (κ3) is 3.12. The van der Waals surface area contributed by atoms with Crippen LogP contribution in [-0.4, -0.2) is 52.5 Å². The van der Waals surface area contributed by atoms with Crippen LogP contribution in [-0.2, 0) is 16.0 Å². The highest BCUT2D eigenvalue weighted by molar-refractivity contribution is 7.09. The lowest BCUT2D eigenvalue weighted by atomic mass is 10.1. The van der Waals surface area contributed by atoms with Crippen molar-refractivity contribution in [3.05, 3.63) is 34.2 Å². The van der Waals surface area contributed by atoms with Crippen LogP contribution in [0.5, 0.6) is 0 Å². The van der Waals surface area contributed by atoms with E-state index in [-0.39, 0.29) is 12.5 Å². The maximum Gasteiger partial charge on any atom is 0.320 e. The summed E-state index contributed by atoms with van der Waals surface area (Å²) in [5.74, 6) is -0.852. The maximum absolute atomic E-state index is 12.8. The molecular formula is C19H21N3O3S. The number of aromatic nitrogens is 1. The zero-order chi connectivity index (χ0) is 18.3. The van der Waals surface area contributed by atoms with Gasteiger partial charge in [-0.15, -0.1) is 11.3 Å². The van der Waals surface area contributed by atoms with Crippen LogP contribution >= 0.6 is 11.3 Å². The van der Waals surface area contributed by atoms with Crippen LogP contribution in [0.2, 0.25) is 0 Å². The fraction of sp³-hybridized carbons (Fsp3) is 0.421. The van der Waals surface area contributed by atoms with Crippen LogP contribution in [0.1, 0.15) is 23.4 Å². The number of fused-ring (bicyclic) bond motifs is 1. The van der Waals surface area contributed by atoms with Gasteiger partial charge in [0.15, 0.2) is 0 Å². The summed E-state index contributed by atoms with van der Waals surface area (Å²) in [6.45, 7) is 3.49. The Kier molecular flexibility index (Phi) is 4.50. The van der Waals surface area contributed by atoms with Gasteiger partial charge >= 0.3 is 5.97 Å². The fourth-order valence-corrected chi connectivity index (χ4v) is 4.49. The number of carbonyl (C=O) groups is 2. The van der Waals surface area contributed by atoms with Crippen LogP contribution in [0.3, 0.4) is 0 Å². The Bertz CT molecular complexity index is 863. The Hall–Kier alpha value is -2.25. The second-order valence-corrected chi connectivity index (χ2v) is 7.92. The maximum atomic E-state index is 12.8. The molecule has 1 aromatic carbocycles. The monoisotopic (exact) mass is 371 g/mol. The van der Waals surface area contributed by atoms with Gasteiger partial charge in [-0.3, -0.25) is 14.5 Å². The summed E-state index contributed by atoms with van der Waals surface area (Å²) in [5, 5.41) is 12.4. The van der Waals surface area contributed by atoms with Crippen LogP contribution in [0.4, 0.5) is 5.69 Å². The molecule has 0 bridgehead atoms. The molecule has 6 nitrogen and oxygen atoms in total. The molecule has 2 aliphatic rings. The third-order valence-corrected chi connectivity index (χ3v) is 5.95. The molecular weight excluding hydrogens is 350 g/mol. The number of carbonyl (C=O) groups excluding carboxylic acids is 1. The Morgan fingerprint density at radius 1 is 1.35 bits per heavy atom. The van der Waals surface area contributed by atoms with E-state index in [0.717, 1.165) is 40.4 Å². The molecule has 0 aliphatic carbocycles. The minimum Gasteiger partial charge on any atom is -0.480 e. The first-order chi connectivity index (χ1) is 12.5. The molecule has 0 spiro atoms. The molecule has 1 fully saturated rings. The highest BCUT2D eigenvalue weighted by atomic mass is 32.1. The molecule has 3 heterocycles. The van der Waals surface area contributed by atoms with Crippen LogP contribution < -0.4 is 4.90 Å². The largest absolute Gasteiger partial charge is 0.480 e. The number of aliphatic carboxylic acids is 1. The van der Waals surface area contributed by atoms with Crippen molar-refractivity contribution in [3.63, 3.8) is 0 Å². The number of nitrogens with zero attached hydrogens (tertiary/aromatic N) is 3.